The van der Waals surface area contributed by atoms with Crippen LogP contribution in [0.2, 0.25) is 0 Å². The van der Waals surface area contributed by atoms with E-state index in [9.17, 15) is 18.7 Å². The van der Waals surface area contributed by atoms with Crippen LogP contribution in [0.1, 0.15) is 34.7 Å². The highest BCUT2D eigenvalue weighted by Gasteiger charge is 2.26. The number of halogens is 2. The van der Waals surface area contributed by atoms with Gasteiger partial charge < -0.3 is 14.6 Å². The molecule has 1 unspecified atom stereocenters. The summed E-state index contributed by atoms with van der Waals surface area (Å²) in [5.74, 6) is -2.95. The van der Waals surface area contributed by atoms with Crippen molar-refractivity contribution in [2.45, 2.75) is 38.8 Å². The molecule has 1 atom stereocenters. The van der Waals surface area contributed by atoms with Gasteiger partial charge >= 0.3 is 5.97 Å². The van der Waals surface area contributed by atoms with Crippen molar-refractivity contribution < 1.29 is 18.7 Å². The molecule has 1 aliphatic rings. The number of hydrogen-bond acceptors (Lipinski definition) is 2. The minimum absolute atomic E-state index is 0.219. The van der Waals surface area contributed by atoms with Crippen LogP contribution in [0.3, 0.4) is 0 Å². The second-order valence-corrected chi connectivity index (χ2v) is 8.00. The van der Waals surface area contributed by atoms with E-state index >= 15 is 0 Å². The van der Waals surface area contributed by atoms with Gasteiger partial charge in [0, 0.05) is 54.6 Å². The van der Waals surface area contributed by atoms with E-state index in [1.165, 1.54) is 28.8 Å². The van der Waals surface area contributed by atoms with Gasteiger partial charge in [-0.25, -0.2) is 8.78 Å². The number of aryl methyl sites for hydroxylation is 1. The Bertz CT molecular complexity index is 1090. The van der Waals surface area contributed by atoms with Crippen LogP contribution >= 0.6 is 0 Å². The average molecular weight is 398 g/mol. The summed E-state index contributed by atoms with van der Waals surface area (Å²) < 4.78 is 30.0. The average Bonchev–Trinajstić information content (AvgIpc) is 2.93. The highest BCUT2D eigenvalue weighted by atomic mass is 19.1. The normalized spacial score (nSPS) is 15.4. The first-order chi connectivity index (χ1) is 13.8. The molecule has 0 spiro atoms. The van der Waals surface area contributed by atoms with Crippen molar-refractivity contribution in [3.63, 3.8) is 0 Å². The molecule has 3 aromatic rings. The van der Waals surface area contributed by atoms with Crippen LogP contribution in [0, 0.1) is 18.6 Å². The van der Waals surface area contributed by atoms with Crippen molar-refractivity contribution >= 4 is 16.9 Å². The summed E-state index contributed by atoms with van der Waals surface area (Å²) in [6.07, 6.45) is 0.633. The molecule has 1 N–H and O–H groups in total. The monoisotopic (exact) mass is 398 g/mol. The molecular formula is C23H24F2N2O2. The van der Waals surface area contributed by atoms with Gasteiger partial charge in [0.05, 0.1) is 6.42 Å². The molecule has 4 nitrogen and oxygen atoms in total. The van der Waals surface area contributed by atoms with E-state index in [4.69, 9.17) is 0 Å². The molecule has 29 heavy (non-hydrogen) atoms. The van der Waals surface area contributed by atoms with Crippen LogP contribution in [0.4, 0.5) is 8.78 Å². The Kier molecular flexibility index (Phi) is 5.13. The van der Waals surface area contributed by atoms with Gasteiger partial charge in [-0.1, -0.05) is 17.7 Å². The number of carboxylic acids is 1. The quantitative estimate of drug-likeness (QED) is 0.690. The summed E-state index contributed by atoms with van der Waals surface area (Å²) in [5.41, 5.74) is 4.88. The Morgan fingerprint density at radius 3 is 2.72 bits per heavy atom. The first kappa shape index (κ1) is 19.6. The molecule has 152 valence electrons. The fourth-order valence-corrected chi connectivity index (χ4v) is 4.44. The number of fused-ring (bicyclic) bond motifs is 3. The first-order valence-corrected chi connectivity index (χ1v) is 9.79. The van der Waals surface area contributed by atoms with Gasteiger partial charge in [0.15, 0.2) is 0 Å². The standard InChI is InChI=1S/C23H24F2N2O2/c1-14-3-6-21-18(9-14)19-13-26(2)8-7-22(19)27(21)12-15(10-23(28)29)17-5-4-16(24)11-20(17)25/h3-6,9,11,15H,7-8,10,12-13H2,1-2H3,(H,28,29). The second-order valence-electron chi connectivity index (χ2n) is 8.00. The molecule has 0 saturated carbocycles. The third-order valence-electron chi connectivity index (χ3n) is 5.83. The van der Waals surface area contributed by atoms with Crippen LogP contribution < -0.4 is 0 Å². The van der Waals surface area contributed by atoms with Crippen LogP contribution in [0.5, 0.6) is 0 Å². The largest absolute Gasteiger partial charge is 0.481 e. The third-order valence-corrected chi connectivity index (χ3v) is 5.83. The molecule has 0 amide bonds. The number of carboxylic acid groups (broad SMARTS) is 1. The molecule has 0 aliphatic carbocycles. The predicted molar refractivity (Wildman–Crippen MR) is 108 cm³/mol. The fraction of sp³-hybridized carbons (Fsp3) is 0.348. The second kappa shape index (κ2) is 7.59. The molecule has 2 heterocycles. The molecule has 4 rings (SSSR count). The molecule has 1 aromatic heterocycles. The number of rotatable bonds is 5. The molecule has 0 saturated heterocycles. The lowest BCUT2D eigenvalue weighted by atomic mass is 9.94. The number of likely N-dealkylation sites (N-methyl/N-ethyl adjacent to an activating group) is 1. The van der Waals surface area contributed by atoms with Crippen LogP contribution in [0.15, 0.2) is 36.4 Å². The highest BCUT2D eigenvalue weighted by Crippen LogP contribution is 2.34. The number of hydrogen-bond donors (Lipinski definition) is 1. The number of benzene rings is 2. The van der Waals surface area contributed by atoms with Gasteiger partial charge in [0.2, 0.25) is 0 Å². The van der Waals surface area contributed by atoms with Gasteiger partial charge in [0.1, 0.15) is 11.6 Å². The van der Waals surface area contributed by atoms with Crippen LogP contribution in [-0.2, 0) is 24.3 Å². The summed E-state index contributed by atoms with van der Waals surface area (Å²) in [5, 5.41) is 10.6. The van der Waals surface area contributed by atoms with Crippen LogP contribution in [0.25, 0.3) is 10.9 Å². The first-order valence-electron chi connectivity index (χ1n) is 9.79. The van der Waals surface area contributed by atoms with E-state index in [0.717, 1.165) is 36.7 Å². The fourth-order valence-electron chi connectivity index (χ4n) is 4.44. The molecule has 6 heteroatoms. The van der Waals surface area contributed by atoms with E-state index in [1.807, 2.05) is 6.07 Å². The van der Waals surface area contributed by atoms with E-state index in [-0.39, 0.29) is 12.0 Å². The SMILES string of the molecule is Cc1ccc2c(c1)c1c(n2CC(CC(=O)O)c2ccc(F)cc2F)CCN(C)C1. The Morgan fingerprint density at radius 2 is 2.00 bits per heavy atom. The van der Waals surface area contributed by atoms with E-state index in [1.54, 1.807) is 0 Å². The minimum Gasteiger partial charge on any atom is -0.481 e. The van der Waals surface area contributed by atoms with Crippen LogP contribution in [-0.4, -0.2) is 34.1 Å². The van der Waals surface area contributed by atoms with E-state index < -0.39 is 23.5 Å². The van der Waals surface area contributed by atoms with Gasteiger partial charge in [-0.3, -0.25) is 4.79 Å². The zero-order valence-corrected chi connectivity index (χ0v) is 16.6. The molecule has 0 fully saturated rings. The lowest BCUT2D eigenvalue weighted by Crippen LogP contribution is -2.28. The Morgan fingerprint density at radius 1 is 1.21 bits per heavy atom. The smallest absolute Gasteiger partial charge is 0.304 e. The van der Waals surface area contributed by atoms with Crippen molar-refractivity contribution in [1.29, 1.82) is 0 Å². The van der Waals surface area contributed by atoms with Crippen molar-refractivity contribution in [3.8, 4) is 0 Å². The lowest BCUT2D eigenvalue weighted by molar-refractivity contribution is -0.137. The zero-order valence-electron chi connectivity index (χ0n) is 16.6. The van der Waals surface area contributed by atoms with Gasteiger partial charge in [0.25, 0.3) is 0 Å². The van der Waals surface area contributed by atoms with Gasteiger partial charge in [-0.2, -0.15) is 0 Å². The summed E-state index contributed by atoms with van der Waals surface area (Å²) >= 11 is 0. The zero-order chi connectivity index (χ0) is 20.7. The molecule has 0 bridgehead atoms. The molecule has 1 aliphatic heterocycles. The number of aromatic nitrogens is 1. The Labute approximate surface area is 168 Å². The van der Waals surface area contributed by atoms with E-state index in [0.29, 0.717) is 6.54 Å². The lowest BCUT2D eigenvalue weighted by Gasteiger charge is -2.26. The molecule has 0 radical (unpaired) electrons. The number of carbonyl (C=O) groups is 1. The summed E-state index contributed by atoms with van der Waals surface area (Å²) in [7, 11) is 2.09. The number of nitrogens with zero attached hydrogens (tertiary/aromatic N) is 2. The van der Waals surface area contributed by atoms with Gasteiger partial charge in [-0.05, 0) is 43.3 Å². The predicted octanol–water partition coefficient (Wildman–Crippen LogP) is 4.47. The summed E-state index contributed by atoms with van der Waals surface area (Å²) in [6.45, 7) is 4.14. The summed E-state index contributed by atoms with van der Waals surface area (Å²) in [4.78, 5) is 13.8. The van der Waals surface area contributed by atoms with Crippen molar-refractivity contribution in [2.75, 3.05) is 13.6 Å². The topological polar surface area (TPSA) is 45.5 Å². The van der Waals surface area contributed by atoms with Crippen molar-refractivity contribution in [2.24, 2.45) is 0 Å². The molecular weight excluding hydrogens is 374 g/mol. The number of aliphatic carboxylic acids is 1. The van der Waals surface area contributed by atoms with Crippen molar-refractivity contribution in [3.05, 3.63) is 70.4 Å². The van der Waals surface area contributed by atoms with E-state index in [2.05, 4.69) is 35.6 Å². The highest BCUT2D eigenvalue weighted by molar-refractivity contribution is 5.86. The molecule has 2 aromatic carbocycles. The minimum atomic E-state index is -1.00. The van der Waals surface area contributed by atoms with Crippen molar-refractivity contribution in [1.82, 2.24) is 9.47 Å². The maximum atomic E-state index is 14.5. The Balaban J connectivity index is 1.83. The summed E-state index contributed by atoms with van der Waals surface area (Å²) in [6, 6.07) is 9.64. The maximum Gasteiger partial charge on any atom is 0.304 e. The third kappa shape index (κ3) is 3.77. The maximum absolute atomic E-state index is 14.5. The Hall–Kier alpha value is -2.73. The van der Waals surface area contributed by atoms with Gasteiger partial charge in [-0.15, -0.1) is 0 Å².